The molecule has 1 atom stereocenters. The molecule has 0 spiro atoms. The third-order valence-electron chi connectivity index (χ3n) is 5.68. The van der Waals surface area contributed by atoms with Crippen molar-refractivity contribution in [1.29, 1.82) is 0 Å². The zero-order chi connectivity index (χ0) is 23.4. The molecule has 3 rings (SSSR count). The van der Waals surface area contributed by atoms with Crippen LogP contribution in [0.2, 0.25) is 5.02 Å². The average molecular weight is 456 g/mol. The molecule has 170 valence electrons. The molecule has 0 aromatic heterocycles. The number of ether oxygens (including phenoxy) is 1. The number of aliphatic hydroxyl groups excluding tert-OH is 1. The molecule has 1 amide bonds. The van der Waals surface area contributed by atoms with Crippen LogP contribution in [-0.4, -0.2) is 34.8 Å². The van der Waals surface area contributed by atoms with Crippen LogP contribution >= 0.6 is 11.6 Å². The number of benzene rings is 2. The van der Waals surface area contributed by atoms with E-state index in [0.29, 0.717) is 23.7 Å². The van der Waals surface area contributed by atoms with E-state index in [1.54, 1.807) is 41.3 Å². The minimum absolute atomic E-state index is 0.104. The summed E-state index contributed by atoms with van der Waals surface area (Å²) in [4.78, 5) is 27.5. The van der Waals surface area contributed by atoms with Gasteiger partial charge in [-0.05, 0) is 60.7 Å². The normalized spacial score (nSPS) is 17.9. The van der Waals surface area contributed by atoms with E-state index >= 15 is 0 Å². The van der Waals surface area contributed by atoms with E-state index in [0.717, 1.165) is 29.7 Å². The Hall–Kier alpha value is -2.79. The maximum Gasteiger partial charge on any atom is 0.295 e. The molecule has 2 aromatic carbocycles. The lowest BCUT2D eigenvalue weighted by molar-refractivity contribution is -0.139. The Kier molecular flexibility index (Phi) is 7.62. The van der Waals surface area contributed by atoms with Gasteiger partial charge in [0.05, 0.1) is 18.2 Å². The number of hydrogen-bond acceptors (Lipinski definition) is 4. The van der Waals surface area contributed by atoms with Crippen molar-refractivity contribution in [1.82, 2.24) is 4.90 Å². The number of carbonyl (C=O) groups is 2. The number of halogens is 1. The van der Waals surface area contributed by atoms with Crippen LogP contribution in [0.4, 0.5) is 0 Å². The molecular weight excluding hydrogens is 426 g/mol. The molecule has 6 heteroatoms. The Morgan fingerprint density at radius 2 is 1.81 bits per heavy atom. The highest BCUT2D eigenvalue weighted by Crippen LogP contribution is 2.40. The van der Waals surface area contributed by atoms with Crippen LogP contribution < -0.4 is 4.74 Å². The van der Waals surface area contributed by atoms with E-state index in [4.69, 9.17) is 16.3 Å². The van der Waals surface area contributed by atoms with Gasteiger partial charge in [0.15, 0.2) is 0 Å². The Morgan fingerprint density at radius 3 is 2.41 bits per heavy atom. The standard InChI is InChI=1S/C26H30ClNO4/c1-5-7-14-28-23(17-8-11-19(27)12-9-17)22(25(30)26(28)31)24(29)18-10-13-21(32-6-2)20(15-18)16(3)4/h8-13,15-16,23,29H,5-7,14H2,1-4H3/b24-22-. The molecule has 0 saturated carbocycles. The van der Waals surface area contributed by atoms with Crippen molar-refractivity contribution < 1.29 is 19.4 Å². The fraction of sp³-hybridized carbons (Fsp3) is 0.385. The van der Waals surface area contributed by atoms with Gasteiger partial charge < -0.3 is 14.7 Å². The molecule has 1 N–H and O–H groups in total. The van der Waals surface area contributed by atoms with Gasteiger partial charge >= 0.3 is 0 Å². The van der Waals surface area contributed by atoms with Crippen molar-refractivity contribution in [2.24, 2.45) is 0 Å². The number of hydrogen-bond donors (Lipinski definition) is 1. The second kappa shape index (κ2) is 10.2. The van der Waals surface area contributed by atoms with Crippen LogP contribution in [0.5, 0.6) is 5.75 Å². The summed E-state index contributed by atoms with van der Waals surface area (Å²) in [6.45, 7) is 9.00. The van der Waals surface area contributed by atoms with Gasteiger partial charge in [-0.25, -0.2) is 0 Å². The molecule has 0 bridgehead atoms. The van der Waals surface area contributed by atoms with E-state index < -0.39 is 17.7 Å². The minimum Gasteiger partial charge on any atom is -0.507 e. The summed E-state index contributed by atoms with van der Waals surface area (Å²) in [5.74, 6) is -0.527. The van der Waals surface area contributed by atoms with Crippen molar-refractivity contribution >= 4 is 29.1 Å². The lowest BCUT2D eigenvalue weighted by Gasteiger charge is -2.25. The van der Waals surface area contributed by atoms with Gasteiger partial charge in [-0.1, -0.05) is 50.9 Å². The third kappa shape index (κ3) is 4.68. The number of carbonyl (C=O) groups excluding carboxylic acids is 2. The van der Waals surface area contributed by atoms with E-state index in [1.807, 2.05) is 33.8 Å². The van der Waals surface area contributed by atoms with Gasteiger partial charge in [-0.15, -0.1) is 0 Å². The molecule has 1 saturated heterocycles. The zero-order valence-electron chi connectivity index (χ0n) is 19.0. The minimum atomic E-state index is -0.668. The Bertz CT molecular complexity index is 1030. The Morgan fingerprint density at radius 1 is 1.12 bits per heavy atom. The second-order valence-corrected chi connectivity index (χ2v) is 8.67. The monoisotopic (exact) mass is 455 g/mol. The summed E-state index contributed by atoms with van der Waals surface area (Å²) < 4.78 is 5.72. The first-order valence-electron chi connectivity index (χ1n) is 11.1. The highest BCUT2D eigenvalue weighted by Gasteiger charge is 2.45. The summed E-state index contributed by atoms with van der Waals surface area (Å²) in [6.07, 6.45) is 1.64. The van der Waals surface area contributed by atoms with E-state index in [2.05, 4.69) is 0 Å². The van der Waals surface area contributed by atoms with E-state index in [9.17, 15) is 14.7 Å². The first kappa shape index (κ1) is 23.9. The van der Waals surface area contributed by atoms with Crippen LogP contribution in [-0.2, 0) is 9.59 Å². The molecule has 2 aromatic rings. The molecule has 5 nitrogen and oxygen atoms in total. The van der Waals surface area contributed by atoms with Gasteiger partial charge in [0, 0.05) is 17.1 Å². The van der Waals surface area contributed by atoms with Crippen LogP contribution in [0, 0.1) is 0 Å². The molecule has 0 aliphatic carbocycles. The zero-order valence-corrected chi connectivity index (χ0v) is 19.8. The van der Waals surface area contributed by atoms with Gasteiger partial charge in [-0.3, -0.25) is 9.59 Å². The maximum absolute atomic E-state index is 13.1. The molecule has 32 heavy (non-hydrogen) atoms. The molecule has 1 unspecified atom stereocenters. The van der Waals surface area contributed by atoms with Gasteiger partial charge in [0.25, 0.3) is 11.7 Å². The number of likely N-dealkylation sites (tertiary alicyclic amines) is 1. The Labute approximate surface area is 194 Å². The van der Waals surface area contributed by atoms with Crippen LogP contribution in [0.15, 0.2) is 48.0 Å². The number of unbranched alkanes of at least 4 members (excludes halogenated alkanes) is 1. The van der Waals surface area contributed by atoms with E-state index in [-0.39, 0.29) is 17.3 Å². The molecule has 1 fully saturated rings. The molecule has 1 heterocycles. The van der Waals surface area contributed by atoms with Crippen LogP contribution in [0.25, 0.3) is 5.76 Å². The summed E-state index contributed by atoms with van der Waals surface area (Å²) in [7, 11) is 0. The van der Waals surface area contributed by atoms with Crippen LogP contribution in [0.1, 0.15) is 69.2 Å². The quantitative estimate of drug-likeness (QED) is 0.297. The number of ketones is 1. The van der Waals surface area contributed by atoms with Gasteiger partial charge in [0.1, 0.15) is 11.5 Å². The Balaban J connectivity index is 2.16. The predicted molar refractivity (Wildman–Crippen MR) is 127 cm³/mol. The fourth-order valence-corrected chi connectivity index (χ4v) is 4.15. The van der Waals surface area contributed by atoms with Crippen molar-refractivity contribution in [3.05, 3.63) is 69.8 Å². The second-order valence-electron chi connectivity index (χ2n) is 8.24. The highest BCUT2D eigenvalue weighted by atomic mass is 35.5. The molecule has 1 aliphatic rings. The molecule has 0 radical (unpaired) electrons. The van der Waals surface area contributed by atoms with Crippen molar-refractivity contribution in [2.75, 3.05) is 13.2 Å². The maximum atomic E-state index is 13.1. The third-order valence-corrected chi connectivity index (χ3v) is 5.94. The smallest absolute Gasteiger partial charge is 0.295 e. The fourth-order valence-electron chi connectivity index (χ4n) is 4.02. The first-order valence-corrected chi connectivity index (χ1v) is 11.5. The number of nitrogens with zero attached hydrogens (tertiary/aromatic N) is 1. The molecular formula is C26H30ClNO4. The predicted octanol–water partition coefficient (Wildman–Crippen LogP) is 6.08. The van der Waals surface area contributed by atoms with Gasteiger partial charge in [0.2, 0.25) is 0 Å². The summed E-state index contributed by atoms with van der Waals surface area (Å²) in [6, 6.07) is 11.8. The van der Waals surface area contributed by atoms with Crippen LogP contribution in [0.3, 0.4) is 0 Å². The first-order chi connectivity index (χ1) is 15.3. The summed E-state index contributed by atoms with van der Waals surface area (Å²) in [5.41, 5.74) is 2.26. The summed E-state index contributed by atoms with van der Waals surface area (Å²) >= 11 is 6.06. The van der Waals surface area contributed by atoms with Crippen molar-refractivity contribution in [2.45, 2.75) is 52.5 Å². The average Bonchev–Trinajstić information content (AvgIpc) is 3.02. The number of Topliss-reactive ketones (excluding diaryl/α,β-unsaturated/α-hetero) is 1. The van der Waals surface area contributed by atoms with Gasteiger partial charge in [-0.2, -0.15) is 0 Å². The largest absolute Gasteiger partial charge is 0.507 e. The van der Waals surface area contributed by atoms with Crippen molar-refractivity contribution in [3.8, 4) is 5.75 Å². The molecule has 1 aliphatic heterocycles. The highest BCUT2D eigenvalue weighted by molar-refractivity contribution is 6.46. The lowest BCUT2D eigenvalue weighted by atomic mass is 9.93. The lowest BCUT2D eigenvalue weighted by Crippen LogP contribution is -2.30. The summed E-state index contributed by atoms with van der Waals surface area (Å²) in [5, 5.41) is 11.8. The number of rotatable bonds is 8. The number of amides is 1. The number of aliphatic hydroxyl groups is 1. The van der Waals surface area contributed by atoms with Crippen molar-refractivity contribution in [3.63, 3.8) is 0 Å². The SMILES string of the molecule is CCCCN1C(=O)C(=O)/C(=C(\O)c2ccc(OCC)c(C(C)C)c2)C1c1ccc(Cl)cc1. The van der Waals surface area contributed by atoms with E-state index in [1.165, 1.54) is 0 Å². The topological polar surface area (TPSA) is 66.8 Å².